The summed E-state index contributed by atoms with van der Waals surface area (Å²) in [5, 5.41) is 4.19. The number of hydrogen-bond acceptors (Lipinski definition) is 6. The van der Waals surface area contributed by atoms with Gasteiger partial charge in [-0.25, -0.2) is 9.78 Å². The topological polar surface area (TPSA) is 68.3 Å². The number of amides is 1. The Morgan fingerprint density at radius 2 is 1.84 bits per heavy atom. The van der Waals surface area contributed by atoms with Crippen LogP contribution in [0.15, 0.2) is 48.5 Å². The first-order valence-electron chi connectivity index (χ1n) is 10.1. The predicted molar refractivity (Wildman–Crippen MR) is 127 cm³/mol. The number of thiophene rings is 2. The van der Waals surface area contributed by atoms with Crippen molar-refractivity contribution in [3.8, 4) is 10.6 Å². The summed E-state index contributed by atoms with van der Waals surface area (Å²) in [6.07, 6.45) is 0.958. The maximum absolute atomic E-state index is 13.3. The van der Waals surface area contributed by atoms with E-state index in [1.54, 1.807) is 24.3 Å². The van der Waals surface area contributed by atoms with E-state index in [0.717, 1.165) is 32.8 Å². The number of benzene rings is 1. The average molecular weight is 451 g/mol. The number of esters is 1. The molecular weight excluding hydrogens is 428 g/mol. The van der Waals surface area contributed by atoms with Crippen LogP contribution in [0.5, 0.6) is 0 Å². The normalized spacial score (nSPS) is 10.9. The molecule has 4 rings (SSSR count). The highest BCUT2D eigenvalue weighted by Crippen LogP contribution is 2.32. The smallest absolute Gasteiger partial charge is 0.341 e. The fourth-order valence-electron chi connectivity index (χ4n) is 3.33. The quantitative estimate of drug-likeness (QED) is 0.349. The Hall–Kier alpha value is -3.03. The lowest BCUT2D eigenvalue weighted by molar-refractivity contribution is 0.0528. The van der Waals surface area contributed by atoms with Crippen LogP contribution in [-0.2, 0) is 11.2 Å². The van der Waals surface area contributed by atoms with Gasteiger partial charge in [-0.05, 0) is 50.6 Å². The summed E-state index contributed by atoms with van der Waals surface area (Å²) in [6.45, 7) is 6.05. The number of nitrogens with zero attached hydrogens (tertiary/aromatic N) is 1. The summed E-state index contributed by atoms with van der Waals surface area (Å²) in [7, 11) is 0. The number of pyridine rings is 1. The Balaban J connectivity index is 1.75. The minimum Gasteiger partial charge on any atom is -0.462 e. The van der Waals surface area contributed by atoms with Gasteiger partial charge in [-0.1, -0.05) is 25.1 Å². The first-order valence-corrected chi connectivity index (χ1v) is 11.7. The fraction of sp³-hybridized carbons (Fsp3) is 0.208. The maximum atomic E-state index is 13.3. The molecule has 0 aliphatic heterocycles. The van der Waals surface area contributed by atoms with Crippen LogP contribution in [0.4, 0.5) is 5.00 Å². The average Bonchev–Trinajstić information content (AvgIpc) is 3.39. The molecule has 1 amide bonds. The maximum Gasteiger partial charge on any atom is 0.341 e. The molecule has 7 heteroatoms. The van der Waals surface area contributed by atoms with Gasteiger partial charge in [0.25, 0.3) is 5.91 Å². The Morgan fingerprint density at radius 1 is 1.03 bits per heavy atom. The second-order valence-electron chi connectivity index (χ2n) is 6.97. The molecule has 0 saturated heterocycles. The Labute approximate surface area is 188 Å². The van der Waals surface area contributed by atoms with Gasteiger partial charge in [0.15, 0.2) is 0 Å². The van der Waals surface area contributed by atoms with Crippen molar-refractivity contribution < 1.29 is 14.3 Å². The Bertz CT molecular complexity index is 1270. The molecule has 0 fully saturated rings. The van der Waals surface area contributed by atoms with Crippen LogP contribution in [0.25, 0.3) is 21.5 Å². The highest BCUT2D eigenvalue weighted by molar-refractivity contribution is 7.16. The first kappa shape index (κ1) is 21.2. The predicted octanol–water partition coefficient (Wildman–Crippen LogP) is 6.32. The van der Waals surface area contributed by atoms with E-state index in [9.17, 15) is 9.59 Å². The van der Waals surface area contributed by atoms with E-state index >= 15 is 0 Å². The van der Waals surface area contributed by atoms with E-state index in [0.29, 0.717) is 16.1 Å². The molecule has 0 unspecified atom stereocenters. The number of nitrogens with one attached hydrogen (secondary N) is 1. The molecule has 0 radical (unpaired) electrons. The van der Waals surface area contributed by atoms with Gasteiger partial charge < -0.3 is 10.1 Å². The van der Waals surface area contributed by atoms with Crippen LogP contribution in [0.1, 0.15) is 44.3 Å². The van der Waals surface area contributed by atoms with Gasteiger partial charge in [-0.15, -0.1) is 22.7 Å². The molecule has 0 aliphatic rings. The van der Waals surface area contributed by atoms with Crippen molar-refractivity contribution >= 4 is 50.5 Å². The minimum absolute atomic E-state index is 0.278. The Kier molecular flexibility index (Phi) is 6.15. The number of hydrogen-bond donors (Lipinski definition) is 1. The molecule has 3 heterocycles. The number of aryl methyl sites for hydroxylation is 2. The van der Waals surface area contributed by atoms with Gasteiger partial charge in [-0.3, -0.25) is 4.79 Å². The molecule has 0 saturated carbocycles. The van der Waals surface area contributed by atoms with Crippen LogP contribution >= 0.6 is 22.7 Å². The zero-order valence-corrected chi connectivity index (χ0v) is 19.2. The van der Waals surface area contributed by atoms with Gasteiger partial charge in [0, 0.05) is 15.1 Å². The van der Waals surface area contributed by atoms with Crippen molar-refractivity contribution in [2.24, 2.45) is 0 Å². The third kappa shape index (κ3) is 4.38. The van der Waals surface area contributed by atoms with Gasteiger partial charge in [0.2, 0.25) is 0 Å². The van der Waals surface area contributed by atoms with Crippen LogP contribution < -0.4 is 5.32 Å². The number of rotatable bonds is 6. The highest BCUT2D eigenvalue weighted by Gasteiger charge is 2.20. The number of anilines is 1. The number of aromatic nitrogens is 1. The first-order chi connectivity index (χ1) is 15.0. The van der Waals surface area contributed by atoms with Crippen molar-refractivity contribution in [3.05, 3.63) is 69.4 Å². The van der Waals surface area contributed by atoms with Gasteiger partial charge in [0.1, 0.15) is 5.00 Å². The van der Waals surface area contributed by atoms with Crippen LogP contribution in [0.2, 0.25) is 0 Å². The number of ether oxygens (including phenoxy) is 1. The lowest BCUT2D eigenvalue weighted by atomic mass is 10.1. The van der Waals surface area contributed by atoms with Gasteiger partial charge in [-0.2, -0.15) is 0 Å². The molecule has 158 valence electrons. The lowest BCUT2D eigenvalue weighted by Crippen LogP contribution is -2.15. The van der Waals surface area contributed by atoms with Crippen molar-refractivity contribution in [3.63, 3.8) is 0 Å². The summed E-state index contributed by atoms with van der Waals surface area (Å²) >= 11 is 3.04. The van der Waals surface area contributed by atoms with Crippen molar-refractivity contribution in [1.29, 1.82) is 0 Å². The zero-order chi connectivity index (χ0) is 22.0. The van der Waals surface area contributed by atoms with Gasteiger partial charge >= 0.3 is 5.97 Å². The van der Waals surface area contributed by atoms with Gasteiger partial charge in [0.05, 0.1) is 33.8 Å². The molecule has 1 N–H and O–H groups in total. The van der Waals surface area contributed by atoms with Crippen molar-refractivity contribution in [2.45, 2.75) is 27.2 Å². The largest absolute Gasteiger partial charge is 0.462 e. The number of para-hydroxylation sites is 1. The molecule has 0 spiro atoms. The lowest BCUT2D eigenvalue weighted by Gasteiger charge is -2.10. The monoisotopic (exact) mass is 450 g/mol. The molecule has 4 aromatic rings. The third-order valence-electron chi connectivity index (χ3n) is 4.80. The van der Waals surface area contributed by atoms with Crippen LogP contribution in [0, 0.1) is 6.92 Å². The third-order valence-corrected chi connectivity index (χ3v) is 7.02. The summed E-state index contributed by atoms with van der Waals surface area (Å²) < 4.78 is 5.14. The van der Waals surface area contributed by atoms with E-state index in [4.69, 9.17) is 9.72 Å². The van der Waals surface area contributed by atoms with E-state index in [1.165, 1.54) is 16.2 Å². The van der Waals surface area contributed by atoms with Crippen LogP contribution in [-0.4, -0.2) is 23.5 Å². The zero-order valence-electron chi connectivity index (χ0n) is 17.5. The summed E-state index contributed by atoms with van der Waals surface area (Å²) in [6, 6.07) is 15.3. The van der Waals surface area contributed by atoms with E-state index in [2.05, 4.69) is 18.3 Å². The second-order valence-corrected chi connectivity index (χ2v) is 9.39. The summed E-state index contributed by atoms with van der Waals surface area (Å²) in [5.74, 6) is -0.715. The van der Waals surface area contributed by atoms with E-state index < -0.39 is 5.97 Å². The Morgan fingerprint density at radius 3 is 2.58 bits per heavy atom. The summed E-state index contributed by atoms with van der Waals surface area (Å²) in [5.41, 5.74) is 2.42. The highest BCUT2D eigenvalue weighted by atomic mass is 32.1. The SMILES string of the molecule is CCOC(=O)c1cc(C)sc1NC(=O)c1cc(-c2ccc(CC)s2)nc2ccccc12. The fourth-order valence-corrected chi connectivity index (χ4v) is 5.14. The van der Waals surface area contributed by atoms with E-state index in [-0.39, 0.29) is 12.5 Å². The molecule has 5 nitrogen and oxygen atoms in total. The van der Waals surface area contributed by atoms with Crippen molar-refractivity contribution in [1.82, 2.24) is 4.98 Å². The molecule has 0 aliphatic carbocycles. The minimum atomic E-state index is -0.437. The second kappa shape index (κ2) is 8.99. The molecule has 0 atom stereocenters. The molecule has 1 aromatic carbocycles. The number of fused-ring (bicyclic) bond motifs is 1. The molecule has 31 heavy (non-hydrogen) atoms. The van der Waals surface area contributed by atoms with Crippen LogP contribution in [0.3, 0.4) is 0 Å². The molecule has 3 aromatic heterocycles. The molecule has 0 bridgehead atoms. The number of carbonyl (C=O) groups excluding carboxylic acids is 2. The molecular formula is C24H22N2O3S2. The standard InChI is InChI=1S/C24H22N2O3S2/c1-4-15-10-11-21(31-15)20-13-17(16-8-6-7-9-19(16)25-20)22(27)26-23-18(12-14(3)30-23)24(28)29-5-2/h6-13H,4-5H2,1-3H3,(H,26,27). The van der Waals surface area contributed by atoms with E-state index in [1.807, 2.05) is 43.3 Å². The summed E-state index contributed by atoms with van der Waals surface area (Å²) in [4.78, 5) is 33.6. The van der Waals surface area contributed by atoms with Crippen molar-refractivity contribution in [2.75, 3.05) is 11.9 Å². The number of carbonyl (C=O) groups is 2.